The molecule has 2 aromatic carbocycles. The minimum atomic E-state index is -0.00791. The third kappa shape index (κ3) is 4.84. The van der Waals surface area contributed by atoms with E-state index in [1.54, 1.807) is 0 Å². The van der Waals surface area contributed by atoms with E-state index >= 15 is 0 Å². The highest BCUT2D eigenvalue weighted by Crippen LogP contribution is 2.24. The summed E-state index contributed by atoms with van der Waals surface area (Å²) in [7, 11) is 0. The van der Waals surface area contributed by atoms with Crippen LogP contribution in [-0.2, 0) is 17.9 Å². The molecule has 0 fully saturated rings. The van der Waals surface area contributed by atoms with Crippen LogP contribution in [-0.4, -0.2) is 34.2 Å². The summed E-state index contributed by atoms with van der Waals surface area (Å²) in [6.07, 6.45) is 1.31. The van der Waals surface area contributed by atoms with E-state index in [2.05, 4.69) is 44.7 Å². The zero-order chi connectivity index (χ0) is 20.1. The molecule has 1 amide bonds. The lowest BCUT2D eigenvalue weighted by Crippen LogP contribution is -2.20. The van der Waals surface area contributed by atoms with E-state index in [1.807, 2.05) is 37.3 Å². The molecule has 0 aliphatic carbocycles. The number of hydrogen-bond donors (Lipinski definition) is 2. The fourth-order valence-corrected chi connectivity index (χ4v) is 3.66. The number of benzene rings is 2. The van der Waals surface area contributed by atoms with Crippen LogP contribution >= 0.6 is 0 Å². The normalized spacial score (nSPS) is 13.3. The van der Waals surface area contributed by atoms with Gasteiger partial charge in [0.05, 0.1) is 12.3 Å². The van der Waals surface area contributed by atoms with Crippen LogP contribution in [0.3, 0.4) is 0 Å². The van der Waals surface area contributed by atoms with E-state index in [-0.39, 0.29) is 5.91 Å². The van der Waals surface area contributed by atoms with Gasteiger partial charge in [0.1, 0.15) is 5.75 Å². The van der Waals surface area contributed by atoms with Gasteiger partial charge in [0, 0.05) is 25.6 Å². The maximum Gasteiger partial charge on any atom is 0.225 e. The Kier molecular flexibility index (Phi) is 5.91. The Labute approximate surface area is 170 Å². The predicted molar refractivity (Wildman–Crippen MR) is 114 cm³/mol. The first-order valence-electron chi connectivity index (χ1n) is 10.1. The van der Waals surface area contributed by atoms with Gasteiger partial charge in [0.25, 0.3) is 0 Å². The molecule has 0 atom stereocenters. The van der Waals surface area contributed by atoms with Gasteiger partial charge in [0.2, 0.25) is 5.91 Å². The van der Waals surface area contributed by atoms with Crippen molar-refractivity contribution in [3.8, 4) is 17.0 Å². The number of nitrogens with one attached hydrogen (secondary N) is 2. The summed E-state index contributed by atoms with van der Waals surface area (Å²) < 4.78 is 5.46. The number of nitrogens with zero attached hydrogens (tertiary/aromatic N) is 2. The molecule has 1 aromatic heterocycles. The first-order valence-corrected chi connectivity index (χ1v) is 10.1. The molecule has 4 rings (SSSR count). The Morgan fingerprint density at radius 3 is 2.55 bits per heavy atom. The zero-order valence-corrected chi connectivity index (χ0v) is 16.6. The first-order chi connectivity index (χ1) is 14.2. The van der Waals surface area contributed by atoms with Crippen molar-refractivity contribution in [1.29, 1.82) is 0 Å². The number of carbonyl (C=O) groups excluding carboxylic acids is 1. The lowest BCUT2D eigenvalue weighted by Gasteiger charge is -2.14. The monoisotopic (exact) mass is 390 g/mol. The minimum Gasteiger partial charge on any atom is -0.494 e. The van der Waals surface area contributed by atoms with Gasteiger partial charge in [0.15, 0.2) is 5.82 Å². The molecule has 0 saturated heterocycles. The van der Waals surface area contributed by atoms with Gasteiger partial charge >= 0.3 is 0 Å². The Hall–Kier alpha value is -3.12. The lowest BCUT2D eigenvalue weighted by molar-refractivity contribution is -0.116. The number of fused-ring (bicyclic) bond motifs is 1. The summed E-state index contributed by atoms with van der Waals surface area (Å²) in [6, 6.07) is 18.2. The molecule has 2 heterocycles. The molecule has 0 radical (unpaired) electrons. The molecule has 2 N–H and O–H groups in total. The highest BCUT2D eigenvalue weighted by atomic mass is 16.5. The Morgan fingerprint density at radius 2 is 1.86 bits per heavy atom. The summed E-state index contributed by atoms with van der Waals surface area (Å²) in [6.45, 7) is 5.47. The molecule has 150 valence electrons. The second-order valence-corrected chi connectivity index (χ2v) is 7.26. The topological polar surface area (TPSA) is 70.2 Å². The fourth-order valence-electron chi connectivity index (χ4n) is 3.66. The molecule has 0 bridgehead atoms. The van der Waals surface area contributed by atoms with Crippen molar-refractivity contribution in [3.05, 3.63) is 65.7 Å². The summed E-state index contributed by atoms with van der Waals surface area (Å²) in [5, 5.41) is 10.1. The second-order valence-electron chi connectivity index (χ2n) is 7.26. The van der Waals surface area contributed by atoms with Crippen LogP contribution in [0.1, 0.15) is 30.9 Å². The summed E-state index contributed by atoms with van der Waals surface area (Å²) >= 11 is 0. The first kappa shape index (κ1) is 19.2. The van der Waals surface area contributed by atoms with E-state index in [4.69, 9.17) is 4.74 Å². The molecule has 1 aliphatic heterocycles. The molecule has 6 heteroatoms. The SMILES string of the molecule is CCOc1ccc(-c2cc(NC(=O)CCCN3Cc4ccccc4C3)n[nH]2)cc1. The molecule has 0 unspecified atom stereocenters. The maximum absolute atomic E-state index is 12.3. The number of aromatic nitrogens is 2. The number of anilines is 1. The largest absolute Gasteiger partial charge is 0.494 e. The van der Waals surface area contributed by atoms with Gasteiger partial charge in [-0.15, -0.1) is 0 Å². The van der Waals surface area contributed by atoms with E-state index in [0.29, 0.717) is 18.8 Å². The number of carbonyl (C=O) groups is 1. The van der Waals surface area contributed by atoms with Crippen LogP contribution in [0.5, 0.6) is 5.75 Å². The van der Waals surface area contributed by atoms with E-state index in [0.717, 1.165) is 43.1 Å². The Bertz CT molecular complexity index is 940. The Morgan fingerprint density at radius 1 is 1.14 bits per heavy atom. The average Bonchev–Trinajstić information content (AvgIpc) is 3.35. The highest BCUT2D eigenvalue weighted by Gasteiger charge is 2.18. The smallest absolute Gasteiger partial charge is 0.225 e. The summed E-state index contributed by atoms with van der Waals surface area (Å²) in [5.41, 5.74) is 4.65. The van der Waals surface area contributed by atoms with Crippen LogP contribution in [0.25, 0.3) is 11.3 Å². The number of rotatable bonds is 8. The van der Waals surface area contributed by atoms with Gasteiger partial charge < -0.3 is 10.1 Å². The predicted octanol–water partition coefficient (Wildman–Crippen LogP) is 4.21. The highest BCUT2D eigenvalue weighted by molar-refractivity contribution is 5.90. The maximum atomic E-state index is 12.3. The van der Waals surface area contributed by atoms with Crippen molar-refractivity contribution in [2.75, 3.05) is 18.5 Å². The van der Waals surface area contributed by atoms with Crippen LogP contribution in [0.2, 0.25) is 0 Å². The van der Waals surface area contributed by atoms with Gasteiger partial charge in [-0.2, -0.15) is 5.10 Å². The molecule has 0 spiro atoms. The molecule has 1 aliphatic rings. The number of H-pyrrole nitrogens is 1. The van der Waals surface area contributed by atoms with Gasteiger partial charge in [-0.3, -0.25) is 14.8 Å². The standard InChI is InChI=1S/C23H26N4O2/c1-2-29-20-11-9-17(10-12-20)21-14-22(26-25-21)24-23(28)8-5-13-27-15-18-6-3-4-7-19(18)16-27/h3-4,6-7,9-12,14H,2,5,8,13,15-16H2,1H3,(H2,24,25,26,28). The number of ether oxygens (including phenoxy) is 1. The summed E-state index contributed by atoms with van der Waals surface area (Å²) in [5.74, 6) is 1.38. The van der Waals surface area contributed by atoms with Gasteiger partial charge in [-0.05, 0) is 60.8 Å². The van der Waals surface area contributed by atoms with Crippen molar-refractivity contribution in [2.45, 2.75) is 32.9 Å². The third-order valence-corrected chi connectivity index (χ3v) is 5.11. The number of hydrogen-bond acceptors (Lipinski definition) is 4. The van der Waals surface area contributed by atoms with Crippen LogP contribution < -0.4 is 10.1 Å². The van der Waals surface area contributed by atoms with Crippen LogP contribution in [0.15, 0.2) is 54.6 Å². The molecule has 0 saturated carbocycles. The van der Waals surface area contributed by atoms with Gasteiger partial charge in [-0.1, -0.05) is 24.3 Å². The van der Waals surface area contributed by atoms with E-state index in [9.17, 15) is 4.79 Å². The average molecular weight is 390 g/mol. The van der Waals surface area contributed by atoms with Crippen molar-refractivity contribution in [1.82, 2.24) is 15.1 Å². The summed E-state index contributed by atoms with van der Waals surface area (Å²) in [4.78, 5) is 14.7. The molecule has 29 heavy (non-hydrogen) atoms. The molecular formula is C23H26N4O2. The van der Waals surface area contributed by atoms with Crippen LogP contribution in [0.4, 0.5) is 5.82 Å². The zero-order valence-electron chi connectivity index (χ0n) is 16.6. The number of amides is 1. The molecule has 6 nitrogen and oxygen atoms in total. The van der Waals surface area contributed by atoms with Crippen molar-refractivity contribution in [3.63, 3.8) is 0 Å². The quantitative estimate of drug-likeness (QED) is 0.604. The van der Waals surface area contributed by atoms with Crippen molar-refractivity contribution < 1.29 is 9.53 Å². The van der Waals surface area contributed by atoms with E-state index in [1.165, 1.54) is 11.1 Å². The second kappa shape index (κ2) is 8.92. The van der Waals surface area contributed by atoms with Crippen molar-refractivity contribution in [2.24, 2.45) is 0 Å². The van der Waals surface area contributed by atoms with Crippen molar-refractivity contribution >= 4 is 11.7 Å². The fraction of sp³-hybridized carbons (Fsp3) is 0.304. The lowest BCUT2D eigenvalue weighted by atomic mass is 10.1. The molecule has 3 aromatic rings. The number of aromatic amines is 1. The van der Waals surface area contributed by atoms with Gasteiger partial charge in [-0.25, -0.2) is 0 Å². The third-order valence-electron chi connectivity index (χ3n) is 5.11. The minimum absolute atomic E-state index is 0.00791. The molecular weight excluding hydrogens is 364 g/mol. The van der Waals surface area contributed by atoms with E-state index < -0.39 is 0 Å². The Balaban J connectivity index is 1.23. The van der Waals surface area contributed by atoms with Crippen LogP contribution in [0, 0.1) is 0 Å².